The smallest absolute Gasteiger partial charge is 0.257 e. The molecule has 20 heavy (non-hydrogen) atoms. The minimum Gasteiger partial charge on any atom is -0.369 e. The van der Waals surface area contributed by atoms with Crippen LogP contribution < -0.4 is 5.32 Å². The Morgan fingerprint density at radius 2 is 2.30 bits per heavy atom. The molecule has 4 heteroatoms. The fraction of sp³-hybridized carbons (Fsp3) is 0.625. The van der Waals surface area contributed by atoms with Crippen molar-refractivity contribution in [2.24, 2.45) is 5.41 Å². The summed E-state index contributed by atoms with van der Waals surface area (Å²) in [4.78, 5) is 19.0. The van der Waals surface area contributed by atoms with Gasteiger partial charge in [-0.1, -0.05) is 20.8 Å². The van der Waals surface area contributed by atoms with E-state index in [0.29, 0.717) is 11.4 Å². The molecule has 1 aliphatic rings. The maximum absolute atomic E-state index is 12.7. The number of piperidine rings is 1. The minimum atomic E-state index is 0.101. The summed E-state index contributed by atoms with van der Waals surface area (Å²) in [5, 5.41) is 3.25. The molecule has 1 saturated heterocycles. The third kappa shape index (κ3) is 3.50. The monoisotopic (exact) mass is 275 g/mol. The summed E-state index contributed by atoms with van der Waals surface area (Å²) in [6, 6.07) is 3.70. The fourth-order valence-corrected chi connectivity index (χ4v) is 2.73. The second-order valence-corrected chi connectivity index (χ2v) is 6.32. The molecule has 1 N–H and O–H groups in total. The van der Waals surface area contributed by atoms with Crippen molar-refractivity contribution in [2.75, 3.05) is 25.0 Å². The number of nitrogens with zero attached hydrogens (tertiary/aromatic N) is 2. The van der Waals surface area contributed by atoms with Crippen LogP contribution in [0.3, 0.4) is 0 Å². The van der Waals surface area contributed by atoms with Crippen molar-refractivity contribution in [3.63, 3.8) is 0 Å². The summed E-state index contributed by atoms with van der Waals surface area (Å²) in [5.74, 6) is 0.812. The summed E-state index contributed by atoms with van der Waals surface area (Å²) in [6.07, 6.45) is 5.01. The van der Waals surface area contributed by atoms with Gasteiger partial charge in [0.25, 0.3) is 5.91 Å². The van der Waals surface area contributed by atoms with E-state index in [0.717, 1.165) is 32.5 Å². The first kappa shape index (κ1) is 14.8. The van der Waals surface area contributed by atoms with Crippen LogP contribution in [0.1, 0.15) is 50.4 Å². The first-order valence-corrected chi connectivity index (χ1v) is 7.52. The molecule has 0 aliphatic carbocycles. The zero-order valence-corrected chi connectivity index (χ0v) is 12.8. The molecule has 2 heterocycles. The number of amides is 1. The summed E-state index contributed by atoms with van der Waals surface area (Å²) < 4.78 is 0. The molecular weight excluding hydrogens is 250 g/mol. The SMILES string of the molecule is CCCNc1ncccc1C(=O)N1CCCC(C)(C)C1. The Labute approximate surface area is 121 Å². The Hall–Kier alpha value is -1.58. The number of hydrogen-bond acceptors (Lipinski definition) is 3. The van der Waals surface area contributed by atoms with Crippen molar-refractivity contribution in [2.45, 2.75) is 40.0 Å². The zero-order chi connectivity index (χ0) is 14.6. The van der Waals surface area contributed by atoms with Gasteiger partial charge in [-0.05, 0) is 36.8 Å². The predicted molar refractivity (Wildman–Crippen MR) is 81.9 cm³/mol. The van der Waals surface area contributed by atoms with E-state index >= 15 is 0 Å². The highest BCUT2D eigenvalue weighted by molar-refractivity contribution is 5.98. The molecule has 0 unspecified atom stereocenters. The van der Waals surface area contributed by atoms with Crippen molar-refractivity contribution < 1.29 is 4.79 Å². The molecular formula is C16H25N3O. The maximum Gasteiger partial charge on any atom is 0.257 e. The van der Waals surface area contributed by atoms with Crippen molar-refractivity contribution in [3.8, 4) is 0 Å². The Balaban J connectivity index is 2.16. The number of rotatable bonds is 4. The van der Waals surface area contributed by atoms with Gasteiger partial charge in [0, 0.05) is 25.8 Å². The largest absolute Gasteiger partial charge is 0.369 e. The number of hydrogen-bond donors (Lipinski definition) is 1. The second-order valence-electron chi connectivity index (χ2n) is 6.32. The molecule has 110 valence electrons. The number of anilines is 1. The number of aromatic nitrogens is 1. The van der Waals surface area contributed by atoms with E-state index in [1.807, 2.05) is 17.0 Å². The van der Waals surface area contributed by atoms with Gasteiger partial charge in [-0.3, -0.25) is 4.79 Å². The van der Waals surface area contributed by atoms with Gasteiger partial charge in [-0.15, -0.1) is 0 Å². The van der Waals surface area contributed by atoms with E-state index in [1.165, 1.54) is 6.42 Å². The molecule has 0 spiro atoms. The highest BCUT2D eigenvalue weighted by Gasteiger charge is 2.30. The molecule has 1 aromatic heterocycles. The van der Waals surface area contributed by atoms with Gasteiger partial charge in [0.15, 0.2) is 0 Å². The van der Waals surface area contributed by atoms with E-state index in [4.69, 9.17) is 0 Å². The average Bonchev–Trinajstić information content (AvgIpc) is 2.43. The summed E-state index contributed by atoms with van der Waals surface area (Å²) in [5.41, 5.74) is 0.909. The Bertz CT molecular complexity index is 471. The fourth-order valence-electron chi connectivity index (χ4n) is 2.73. The van der Waals surface area contributed by atoms with Gasteiger partial charge in [0.05, 0.1) is 5.56 Å². The minimum absolute atomic E-state index is 0.101. The van der Waals surface area contributed by atoms with Gasteiger partial charge in [-0.2, -0.15) is 0 Å². The Morgan fingerprint density at radius 3 is 3.00 bits per heavy atom. The Morgan fingerprint density at radius 1 is 1.50 bits per heavy atom. The lowest BCUT2D eigenvalue weighted by atomic mass is 9.84. The van der Waals surface area contributed by atoms with Gasteiger partial charge in [0.2, 0.25) is 0 Å². The van der Waals surface area contributed by atoms with E-state index in [-0.39, 0.29) is 11.3 Å². The van der Waals surface area contributed by atoms with Gasteiger partial charge >= 0.3 is 0 Å². The van der Waals surface area contributed by atoms with Crippen LogP contribution in [0.4, 0.5) is 5.82 Å². The normalized spacial score (nSPS) is 17.9. The van der Waals surface area contributed by atoms with E-state index in [9.17, 15) is 4.79 Å². The van der Waals surface area contributed by atoms with Crippen molar-refractivity contribution in [1.82, 2.24) is 9.88 Å². The topological polar surface area (TPSA) is 45.2 Å². The van der Waals surface area contributed by atoms with E-state index in [2.05, 4.69) is 31.1 Å². The highest BCUT2D eigenvalue weighted by Crippen LogP contribution is 2.29. The van der Waals surface area contributed by atoms with Crippen LogP contribution in [0.2, 0.25) is 0 Å². The van der Waals surface area contributed by atoms with Crippen LogP contribution in [0.25, 0.3) is 0 Å². The number of carbonyl (C=O) groups excluding carboxylic acids is 1. The molecule has 0 bridgehead atoms. The van der Waals surface area contributed by atoms with Gasteiger partial charge < -0.3 is 10.2 Å². The summed E-state index contributed by atoms with van der Waals surface area (Å²) in [6.45, 7) is 9.07. The zero-order valence-electron chi connectivity index (χ0n) is 12.8. The predicted octanol–water partition coefficient (Wildman–Crippen LogP) is 3.17. The molecule has 2 rings (SSSR count). The number of pyridine rings is 1. The van der Waals surface area contributed by atoms with E-state index in [1.54, 1.807) is 6.20 Å². The standard InChI is InChI=1S/C16H25N3O/c1-4-9-17-14-13(7-5-10-18-14)15(20)19-11-6-8-16(2,3)12-19/h5,7,10H,4,6,8-9,11-12H2,1-3H3,(H,17,18). The molecule has 0 aromatic carbocycles. The average molecular weight is 275 g/mol. The molecule has 1 aliphatic heterocycles. The lowest BCUT2D eigenvalue weighted by molar-refractivity contribution is 0.0584. The molecule has 0 atom stereocenters. The molecule has 0 radical (unpaired) electrons. The van der Waals surface area contributed by atoms with Crippen molar-refractivity contribution in [3.05, 3.63) is 23.9 Å². The third-order valence-electron chi connectivity index (χ3n) is 3.77. The van der Waals surface area contributed by atoms with Crippen molar-refractivity contribution in [1.29, 1.82) is 0 Å². The third-order valence-corrected chi connectivity index (χ3v) is 3.77. The molecule has 1 amide bonds. The van der Waals surface area contributed by atoms with Crippen molar-refractivity contribution >= 4 is 11.7 Å². The lowest BCUT2D eigenvalue weighted by Gasteiger charge is -2.38. The quantitative estimate of drug-likeness (QED) is 0.918. The van der Waals surface area contributed by atoms with E-state index < -0.39 is 0 Å². The van der Waals surface area contributed by atoms with Crippen LogP contribution >= 0.6 is 0 Å². The van der Waals surface area contributed by atoms with Crippen LogP contribution in [0.15, 0.2) is 18.3 Å². The van der Waals surface area contributed by atoms with Crippen LogP contribution in [0, 0.1) is 5.41 Å². The van der Waals surface area contributed by atoms with Gasteiger partial charge in [0.1, 0.15) is 5.82 Å². The first-order chi connectivity index (χ1) is 9.53. The van der Waals surface area contributed by atoms with Crippen LogP contribution in [0.5, 0.6) is 0 Å². The Kier molecular flexibility index (Phi) is 4.63. The summed E-state index contributed by atoms with van der Waals surface area (Å²) in [7, 11) is 0. The molecule has 4 nitrogen and oxygen atoms in total. The maximum atomic E-state index is 12.7. The highest BCUT2D eigenvalue weighted by atomic mass is 16.2. The second kappa shape index (κ2) is 6.25. The summed E-state index contributed by atoms with van der Waals surface area (Å²) >= 11 is 0. The number of carbonyl (C=O) groups is 1. The molecule has 0 saturated carbocycles. The van der Waals surface area contributed by atoms with Crippen LogP contribution in [-0.2, 0) is 0 Å². The first-order valence-electron chi connectivity index (χ1n) is 7.52. The lowest BCUT2D eigenvalue weighted by Crippen LogP contribution is -2.43. The number of nitrogens with one attached hydrogen (secondary N) is 1. The number of likely N-dealkylation sites (tertiary alicyclic amines) is 1. The molecule has 1 aromatic rings. The van der Waals surface area contributed by atoms with Gasteiger partial charge in [-0.25, -0.2) is 4.98 Å². The van der Waals surface area contributed by atoms with Crippen LogP contribution in [-0.4, -0.2) is 35.4 Å². The molecule has 1 fully saturated rings.